The number of nitrogens with zero attached hydrogens (tertiary/aromatic N) is 2. The van der Waals surface area contributed by atoms with Crippen molar-refractivity contribution in [2.24, 2.45) is 0 Å². The number of hydrogen-bond donors (Lipinski definition) is 0. The Hall–Kier alpha value is -2.04. The van der Waals surface area contributed by atoms with E-state index in [-0.39, 0.29) is 5.56 Å². The van der Waals surface area contributed by atoms with Crippen LogP contribution < -0.4 is 5.56 Å². The van der Waals surface area contributed by atoms with Gasteiger partial charge in [0.2, 0.25) is 0 Å². The van der Waals surface area contributed by atoms with Crippen LogP contribution in [0, 0.1) is 0 Å². The Morgan fingerprint density at radius 1 is 1.27 bits per heavy atom. The molecule has 1 aromatic heterocycles. The zero-order valence-corrected chi connectivity index (χ0v) is 16.5. The van der Waals surface area contributed by atoms with E-state index < -0.39 is 0 Å². The molecule has 5 heteroatoms. The van der Waals surface area contributed by atoms with E-state index in [9.17, 15) is 4.79 Å². The lowest BCUT2D eigenvalue weighted by Crippen LogP contribution is -2.21. The molecule has 134 valence electrons. The Labute approximate surface area is 162 Å². The van der Waals surface area contributed by atoms with Crippen molar-refractivity contribution < 1.29 is 0 Å². The van der Waals surface area contributed by atoms with E-state index >= 15 is 0 Å². The van der Waals surface area contributed by atoms with Gasteiger partial charge in [-0.05, 0) is 48.2 Å². The van der Waals surface area contributed by atoms with Crippen molar-refractivity contribution in [2.75, 3.05) is 5.75 Å². The maximum absolute atomic E-state index is 13.1. The number of rotatable bonds is 6. The van der Waals surface area contributed by atoms with E-state index in [1.165, 1.54) is 17.3 Å². The van der Waals surface area contributed by atoms with Crippen LogP contribution in [0.1, 0.15) is 31.7 Å². The summed E-state index contributed by atoms with van der Waals surface area (Å²) in [5, 5.41) is 1.77. The molecule has 0 amide bonds. The lowest BCUT2D eigenvalue weighted by molar-refractivity contribution is 0.732. The number of thioether (sulfide) groups is 1. The zero-order valence-electron chi connectivity index (χ0n) is 14.9. The van der Waals surface area contributed by atoms with Gasteiger partial charge >= 0.3 is 0 Å². The van der Waals surface area contributed by atoms with Crippen molar-refractivity contribution in [3.63, 3.8) is 0 Å². The third-order valence-corrected chi connectivity index (χ3v) is 5.63. The van der Waals surface area contributed by atoms with Crippen LogP contribution in [0.4, 0.5) is 0 Å². The highest BCUT2D eigenvalue weighted by Gasteiger charge is 2.14. The summed E-state index contributed by atoms with van der Waals surface area (Å²) in [6, 6.07) is 13.3. The second-order valence-corrected chi connectivity index (χ2v) is 7.62. The van der Waals surface area contributed by atoms with Gasteiger partial charge in [-0.1, -0.05) is 55.4 Å². The summed E-state index contributed by atoms with van der Waals surface area (Å²) < 4.78 is 1.67. The fraction of sp³-hybridized carbons (Fsp3) is 0.238. The van der Waals surface area contributed by atoms with Gasteiger partial charge in [-0.25, -0.2) is 4.98 Å². The van der Waals surface area contributed by atoms with Crippen molar-refractivity contribution >= 4 is 34.3 Å². The maximum atomic E-state index is 13.1. The molecule has 0 aliphatic rings. The van der Waals surface area contributed by atoms with E-state index in [0.717, 1.165) is 12.1 Å². The number of benzene rings is 2. The van der Waals surface area contributed by atoms with Crippen molar-refractivity contribution in [3.8, 4) is 5.69 Å². The van der Waals surface area contributed by atoms with Crippen molar-refractivity contribution in [2.45, 2.75) is 31.3 Å². The summed E-state index contributed by atoms with van der Waals surface area (Å²) in [6.07, 6.45) is 2.88. The third kappa shape index (κ3) is 3.71. The molecule has 0 saturated heterocycles. The minimum atomic E-state index is -0.0884. The van der Waals surface area contributed by atoms with E-state index in [0.29, 0.717) is 32.8 Å². The molecule has 0 bridgehead atoms. The molecule has 0 aliphatic carbocycles. The molecule has 3 nitrogen and oxygen atoms in total. The minimum Gasteiger partial charge on any atom is -0.268 e. The summed E-state index contributed by atoms with van der Waals surface area (Å²) >= 11 is 7.56. The maximum Gasteiger partial charge on any atom is 0.266 e. The molecule has 1 atom stereocenters. The second kappa shape index (κ2) is 8.11. The lowest BCUT2D eigenvalue weighted by atomic mass is 9.98. The molecule has 3 aromatic rings. The van der Waals surface area contributed by atoms with E-state index in [4.69, 9.17) is 11.6 Å². The predicted octanol–water partition coefficient (Wildman–Crippen LogP) is 5.83. The summed E-state index contributed by atoms with van der Waals surface area (Å²) in [6.45, 7) is 8.13. The van der Waals surface area contributed by atoms with Gasteiger partial charge < -0.3 is 0 Å². The first kappa shape index (κ1) is 18.7. The Kier molecular flexibility index (Phi) is 5.84. The molecule has 2 aromatic carbocycles. The topological polar surface area (TPSA) is 34.9 Å². The normalized spacial score (nSPS) is 12.3. The molecule has 0 fully saturated rings. The first-order valence-corrected chi connectivity index (χ1v) is 9.97. The van der Waals surface area contributed by atoms with Crippen molar-refractivity contribution in [1.82, 2.24) is 9.55 Å². The van der Waals surface area contributed by atoms with Crippen LogP contribution in [0.15, 0.2) is 65.1 Å². The van der Waals surface area contributed by atoms with E-state index in [1.807, 2.05) is 12.1 Å². The van der Waals surface area contributed by atoms with Gasteiger partial charge in [0, 0.05) is 10.8 Å². The van der Waals surface area contributed by atoms with Crippen LogP contribution in [0.5, 0.6) is 0 Å². The van der Waals surface area contributed by atoms with Crippen LogP contribution in [-0.4, -0.2) is 15.3 Å². The van der Waals surface area contributed by atoms with Crippen LogP contribution in [0.2, 0.25) is 5.02 Å². The van der Waals surface area contributed by atoms with Gasteiger partial charge in [-0.2, -0.15) is 0 Å². The summed E-state index contributed by atoms with van der Waals surface area (Å²) in [5.41, 5.74) is 2.61. The number of halogens is 1. The Balaban J connectivity index is 2.19. The molecule has 26 heavy (non-hydrogen) atoms. The third-order valence-electron chi connectivity index (χ3n) is 4.46. The van der Waals surface area contributed by atoms with Crippen LogP contribution >= 0.6 is 23.4 Å². The van der Waals surface area contributed by atoms with Crippen LogP contribution in [0.25, 0.3) is 16.6 Å². The first-order valence-electron chi connectivity index (χ1n) is 8.61. The average Bonchev–Trinajstić information content (AvgIpc) is 2.65. The predicted molar refractivity (Wildman–Crippen MR) is 112 cm³/mol. The highest BCUT2D eigenvalue weighted by atomic mass is 35.5. The van der Waals surface area contributed by atoms with Crippen LogP contribution in [-0.2, 0) is 0 Å². The Bertz CT molecular complexity index is 995. The van der Waals surface area contributed by atoms with Gasteiger partial charge in [0.25, 0.3) is 5.56 Å². The van der Waals surface area contributed by atoms with Gasteiger partial charge in [-0.15, -0.1) is 6.58 Å². The summed E-state index contributed by atoms with van der Waals surface area (Å²) in [7, 11) is 0. The van der Waals surface area contributed by atoms with Gasteiger partial charge in [0.15, 0.2) is 5.16 Å². The van der Waals surface area contributed by atoms with Gasteiger partial charge in [0.1, 0.15) is 0 Å². The van der Waals surface area contributed by atoms with E-state index in [2.05, 4.69) is 37.5 Å². The Morgan fingerprint density at radius 3 is 2.65 bits per heavy atom. The standard InChI is InChI=1S/C21H21ClN2OS/c1-4-12-26-21-23-19-13-16(22)8-11-18(19)20(25)24(21)17-9-6-15(7-10-17)14(3)5-2/h4,6-11,13-14H,1,5,12H2,2-3H3/t14-/m0/s1. The summed E-state index contributed by atoms with van der Waals surface area (Å²) in [5.74, 6) is 1.16. The fourth-order valence-corrected chi connectivity index (χ4v) is 3.70. The molecule has 0 unspecified atom stereocenters. The Morgan fingerprint density at radius 2 is 2.00 bits per heavy atom. The molecule has 0 saturated carbocycles. The fourth-order valence-electron chi connectivity index (χ4n) is 2.78. The minimum absolute atomic E-state index is 0.0884. The van der Waals surface area contributed by atoms with Crippen LogP contribution in [0.3, 0.4) is 0 Å². The largest absolute Gasteiger partial charge is 0.268 e. The number of fused-ring (bicyclic) bond motifs is 1. The van der Waals surface area contributed by atoms with Crippen molar-refractivity contribution in [1.29, 1.82) is 0 Å². The smallest absolute Gasteiger partial charge is 0.266 e. The SMILES string of the molecule is C=CCSc1nc2cc(Cl)ccc2c(=O)n1-c1ccc([C@@H](C)CC)cc1. The van der Waals surface area contributed by atoms with E-state index in [1.54, 1.807) is 28.8 Å². The second-order valence-electron chi connectivity index (χ2n) is 6.20. The highest BCUT2D eigenvalue weighted by Crippen LogP contribution is 2.25. The molecule has 0 radical (unpaired) electrons. The molecular formula is C21H21ClN2OS. The molecule has 3 rings (SSSR count). The quantitative estimate of drug-likeness (QED) is 0.304. The van der Waals surface area contributed by atoms with Crippen molar-refractivity contribution in [3.05, 3.63) is 76.1 Å². The molecule has 0 spiro atoms. The first-order chi connectivity index (χ1) is 12.5. The zero-order chi connectivity index (χ0) is 18.7. The molecule has 0 N–H and O–H groups in total. The number of aromatic nitrogens is 2. The number of hydrogen-bond acceptors (Lipinski definition) is 3. The molecular weight excluding hydrogens is 364 g/mol. The summed E-state index contributed by atoms with van der Waals surface area (Å²) in [4.78, 5) is 17.8. The average molecular weight is 385 g/mol. The van der Waals surface area contributed by atoms with Gasteiger partial charge in [-0.3, -0.25) is 9.36 Å². The van der Waals surface area contributed by atoms with Gasteiger partial charge in [0.05, 0.1) is 16.6 Å². The lowest BCUT2D eigenvalue weighted by Gasteiger charge is -2.14. The highest BCUT2D eigenvalue weighted by molar-refractivity contribution is 7.99. The molecule has 0 aliphatic heterocycles. The monoisotopic (exact) mass is 384 g/mol. The molecule has 1 heterocycles.